The molecule has 1 N–H and O–H groups in total. The van der Waals surface area contributed by atoms with E-state index in [9.17, 15) is 13.2 Å². The highest BCUT2D eigenvalue weighted by Gasteiger charge is 2.33. The first-order valence-corrected chi connectivity index (χ1v) is 14.1. The highest BCUT2D eigenvalue weighted by atomic mass is 32.2. The molecule has 1 saturated heterocycles. The van der Waals surface area contributed by atoms with Gasteiger partial charge in [-0.15, -0.1) is 21.5 Å². The number of hydrogen-bond acceptors (Lipinski definition) is 10. The number of carbonyl (C=O) groups excluding carboxylic acids is 1. The number of ether oxygens (including phenoxy) is 1. The molecule has 5 rings (SSSR count). The predicted octanol–water partition coefficient (Wildman–Crippen LogP) is 2.67. The number of carbonyl (C=O) groups is 1. The van der Waals surface area contributed by atoms with Gasteiger partial charge in [0.05, 0.1) is 30.0 Å². The molecule has 1 amide bonds. The Bertz CT molecular complexity index is 1490. The molecule has 1 fully saturated rings. The summed E-state index contributed by atoms with van der Waals surface area (Å²) in [4.78, 5) is 19.1. The van der Waals surface area contributed by atoms with Crippen molar-refractivity contribution in [3.8, 4) is 11.1 Å². The van der Waals surface area contributed by atoms with Crippen LogP contribution in [0.3, 0.4) is 0 Å². The smallest absolute Gasteiger partial charge is 0.254 e. The lowest BCUT2D eigenvalue weighted by molar-refractivity contribution is 0.0303. The van der Waals surface area contributed by atoms with Crippen LogP contribution in [0, 0.1) is 0 Å². The van der Waals surface area contributed by atoms with Crippen molar-refractivity contribution in [3.05, 3.63) is 64.8 Å². The van der Waals surface area contributed by atoms with Crippen LogP contribution in [0.2, 0.25) is 0 Å². The lowest BCUT2D eigenvalue weighted by atomic mass is 10.0. The maximum atomic E-state index is 12.7. The number of thiazole rings is 1. The summed E-state index contributed by atoms with van der Waals surface area (Å²) in [6.45, 7) is 2.65. The van der Waals surface area contributed by atoms with E-state index in [1.54, 1.807) is 11.9 Å². The molecule has 188 valence electrons. The van der Waals surface area contributed by atoms with Gasteiger partial charge in [0.15, 0.2) is 15.1 Å². The van der Waals surface area contributed by atoms with Crippen molar-refractivity contribution in [2.45, 2.75) is 11.8 Å². The Morgan fingerprint density at radius 2 is 1.83 bits per heavy atom. The fraction of sp³-hybridized carbons (Fsp3) is 0.333. The Labute approximate surface area is 212 Å². The fourth-order valence-corrected chi connectivity index (χ4v) is 6.59. The minimum Gasteiger partial charge on any atom is -0.422 e. The highest BCUT2D eigenvalue weighted by Crippen LogP contribution is 2.36. The van der Waals surface area contributed by atoms with Crippen molar-refractivity contribution < 1.29 is 22.4 Å². The van der Waals surface area contributed by atoms with Gasteiger partial charge in [0, 0.05) is 24.9 Å². The van der Waals surface area contributed by atoms with Crippen LogP contribution in [0.25, 0.3) is 21.3 Å². The lowest BCUT2D eigenvalue weighted by Gasteiger charge is -2.26. The number of rotatable bonds is 7. The second kappa shape index (κ2) is 10.1. The van der Waals surface area contributed by atoms with Gasteiger partial charge >= 0.3 is 0 Å². The lowest BCUT2D eigenvalue weighted by Crippen LogP contribution is -2.40. The molecule has 1 aliphatic heterocycles. The molecule has 0 spiro atoms. The summed E-state index contributed by atoms with van der Waals surface area (Å²) >= 11 is 1.28. The number of fused-ring (bicyclic) bond motifs is 1. The maximum Gasteiger partial charge on any atom is 0.254 e. The van der Waals surface area contributed by atoms with Gasteiger partial charge in [-0.2, -0.15) is 0 Å². The third kappa shape index (κ3) is 5.03. The Morgan fingerprint density at radius 1 is 1.11 bits per heavy atom. The molecule has 1 unspecified atom stereocenters. The van der Waals surface area contributed by atoms with E-state index in [0.717, 1.165) is 22.1 Å². The van der Waals surface area contributed by atoms with Crippen LogP contribution in [0.4, 0.5) is 0 Å². The van der Waals surface area contributed by atoms with Crippen LogP contribution in [0.15, 0.2) is 46.9 Å². The van der Waals surface area contributed by atoms with Gasteiger partial charge in [0.25, 0.3) is 5.91 Å². The first kappa shape index (κ1) is 24.5. The van der Waals surface area contributed by atoms with E-state index < -0.39 is 15.1 Å². The minimum atomic E-state index is -3.62. The highest BCUT2D eigenvalue weighted by molar-refractivity contribution is 7.91. The van der Waals surface area contributed by atoms with E-state index in [0.29, 0.717) is 54.8 Å². The molecule has 12 heteroatoms. The second-order valence-corrected chi connectivity index (χ2v) is 11.7. The normalized spacial score (nSPS) is 15.3. The first-order chi connectivity index (χ1) is 17.3. The van der Waals surface area contributed by atoms with Crippen LogP contribution in [-0.4, -0.2) is 74.0 Å². The van der Waals surface area contributed by atoms with Gasteiger partial charge in [-0.3, -0.25) is 4.79 Å². The zero-order chi connectivity index (χ0) is 25.3. The molecule has 2 aromatic carbocycles. The van der Waals surface area contributed by atoms with Crippen LogP contribution >= 0.6 is 11.3 Å². The third-order valence-corrected chi connectivity index (χ3v) is 8.37. The van der Waals surface area contributed by atoms with Crippen LogP contribution in [-0.2, 0) is 21.1 Å². The average molecular weight is 528 g/mol. The number of hydrogen-bond donors (Lipinski definition) is 1. The van der Waals surface area contributed by atoms with Crippen LogP contribution < -0.4 is 5.32 Å². The van der Waals surface area contributed by atoms with Gasteiger partial charge in [-0.05, 0) is 42.4 Å². The Morgan fingerprint density at radius 3 is 2.53 bits per heavy atom. The molecule has 10 nitrogen and oxygen atoms in total. The Kier molecular flexibility index (Phi) is 6.84. The average Bonchev–Trinajstić information content (AvgIpc) is 3.50. The van der Waals surface area contributed by atoms with E-state index in [-0.39, 0.29) is 11.8 Å². The van der Waals surface area contributed by atoms with Crippen molar-refractivity contribution in [3.63, 3.8) is 0 Å². The monoisotopic (exact) mass is 527 g/mol. The molecule has 0 bridgehead atoms. The number of aromatic nitrogens is 3. The summed E-state index contributed by atoms with van der Waals surface area (Å²) < 4.78 is 37.1. The molecule has 0 aliphatic carbocycles. The molecule has 0 saturated carbocycles. The first-order valence-electron chi connectivity index (χ1n) is 11.4. The molecule has 2 aromatic heterocycles. The van der Waals surface area contributed by atoms with E-state index in [2.05, 4.69) is 20.5 Å². The van der Waals surface area contributed by atoms with Crippen molar-refractivity contribution in [1.29, 1.82) is 0 Å². The van der Waals surface area contributed by atoms with E-state index in [1.165, 1.54) is 11.3 Å². The summed E-state index contributed by atoms with van der Waals surface area (Å²) in [5.74, 6) is 0.306. The SMILES string of the molecule is CNCc1nnc(C(c2nc3ccc(-c4ccc(C(=O)N5CCOCC5)cc4)cc3s2)S(C)(=O)=O)o1. The van der Waals surface area contributed by atoms with E-state index in [1.807, 2.05) is 42.5 Å². The molecule has 0 radical (unpaired) electrons. The zero-order valence-electron chi connectivity index (χ0n) is 19.8. The number of nitrogens with zero attached hydrogens (tertiary/aromatic N) is 4. The standard InChI is InChI=1S/C24H25N5O5S2/c1-25-14-20-27-28-22(34-20)21(36(2,31)32)23-26-18-8-7-17(13-19(18)35-23)15-3-5-16(6-4-15)24(30)29-9-11-33-12-10-29/h3-8,13,21,25H,9-12,14H2,1-2H3. The van der Waals surface area contributed by atoms with Gasteiger partial charge in [0.2, 0.25) is 11.8 Å². The van der Waals surface area contributed by atoms with Crippen LogP contribution in [0.1, 0.15) is 32.4 Å². The molecular formula is C24H25N5O5S2. The minimum absolute atomic E-state index is 0.00174. The maximum absolute atomic E-state index is 12.7. The van der Waals surface area contributed by atoms with Crippen molar-refractivity contribution in [1.82, 2.24) is 25.4 Å². The zero-order valence-corrected chi connectivity index (χ0v) is 21.4. The summed E-state index contributed by atoms with van der Waals surface area (Å²) in [6, 6.07) is 13.2. The Hall–Kier alpha value is -3.19. The molecule has 3 heterocycles. The van der Waals surface area contributed by atoms with E-state index >= 15 is 0 Å². The quantitative estimate of drug-likeness (QED) is 0.386. The summed E-state index contributed by atoms with van der Waals surface area (Å²) in [6.07, 6.45) is 1.14. The van der Waals surface area contributed by atoms with Gasteiger partial charge in [0.1, 0.15) is 5.01 Å². The third-order valence-electron chi connectivity index (χ3n) is 5.86. The molecule has 4 aromatic rings. The Balaban J connectivity index is 1.42. The largest absolute Gasteiger partial charge is 0.422 e. The number of amides is 1. The molecule has 1 aliphatic rings. The topological polar surface area (TPSA) is 128 Å². The van der Waals surface area contributed by atoms with Crippen molar-refractivity contribution >= 4 is 37.3 Å². The number of benzene rings is 2. The van der Waals surface area contributed by atoms with Gasteiger partial charge < -0.3 is 19.4 Å². The van der Waals surface area contributed by atoms with Crippen LogP contribution in [0.5, 0.6) is 0 Å². The van der Waals surface area contributed by atoms with Crippen molar-refractivity contribution in [2.24, 2.45) is 0 Å². The second-order valence-electron chi connectivity index (χ2n) is 8.49. The van der Waals surface area contributed by atoms with E-state index in [4.69, 9.17) is 9.15 Å². The van der Waals surface area contributed by atoms with Gasteiger partial charge in [-0.25, -0.2) is 13.4 Å². The molecular weight excluding hydrogens is 502 g/mol. The number of morpholine rings is 1. The fourth-order valence-electron chi connectivity index (χ4n) is 4.06. The number of sulfone groups is 1. The predicted molar refractivity (Wildman–Crippen MR) is 136 cm³/mol. The molecule has 1 atom stereocenters. The summed E-state index contributed by atoms with van der Waals surface area (Å²) in [7, 11) is -1.88. The number of nitrogens with one attached hydrogen (secondary N) is 1. The molecule has 36 heavy (non-hydrogen) atoms. The summed E-state index contributed by atoms with van der Waals surface area (Å²) in [5.41, 5.74) is 3.20. The van der Waals surface area contributed by atoms with Crippen molar-refractivity contribution in [2.75, 3.05) is 39.6 Å². The van der Waals surface area contributed by atoms with Gasteiger partial charge in [-0.1, -0.05) is 18.2 Å². The summed E-state index contributed by atoms with van der Waals surface area (Å²) in [5, 5.41) is 10.0.